The Morgan fingerprint density at radius 1 is 1.71 bits per heavy atom. The van der Waals surface area contributed by atoms with Crippen LogP contribution < -0.4 is 5.32 Å². The van der Waals surface area contributed by atoms with Crippen LogP contribution in [-0.2, 0) is 4.79 Å². The molecule has 1 amide bonds. The molecule has 0 aromatic carbocycles. The number of carbonyl (C=O) groups excluding carboxylic acids is 1. The van der Waals surface area contributed by atoms with Gasteiger partial charge < -0.3 is 10.4 Å². The van der Waals surface area contributed by atoms with Crippen molar-refractivity contribution >= 4 is 6.41 Å². The highest BCUT2D eigenvalue weighted by Gasteiger charge is 1.50. The van der Waals surface area contributed by atoms with Gasteiger partial charge in [0.1, 0.15) is 0 Å². The highest BCUT2D eigenvalue weighted by Crippen LogP contribution is 1.35. The topological polar surface area (TPSA) is 49.3 Å². The second-order valence-corrected chi connectivity index (χ2v) is 0.489. The first-order chi connectivity index (χ1) is 3.41. The van der Waals surface area contributed by atoms with E-state index in [-0.39, 0.29) is 0 Å². The number of hydrogen-bond donors (Lipinski definition) is 2. The Balaban J connectivity index is 0. The normalized spacial score (nSPS) is 4.86. The molecule has 0 aromatic heterocycles. The maximum Gasteiger partial charge on any atom is 0.211 e. The first kappa shape index (κ1) is 9.48. The first-order valence-electron chi connectivity index (χ1n) is 1.67. The van der Waals surface area contributed by atoms with Crippen LogP contribution in [0.5, 0.6) is 0 Å². The molecule has 0 spiro atoms. The standard InChI is InChI=1S/C3H5NO.CH4O/c1-2-4-3-5;1-2/h2-3H,1H2,(H,4,5);2H,1H3. The molecule has 0 aliphatic carbocycles. The Kier molecular flexibility index (Phi) is 25.9. The largest absolute Gasteiger partial charge is 0.400 e. The molecule has 0 aliphatic rings. The third kappa shape index (κ3) is 38.0. The van der Waals surface area contributed by atoms with Gasteiger partial charge in [-0.3, -0.25) is 4.79 Å². The lowest BCUT2D eigenvalue weighted by molar-refractivity contribution is -0.108. The van der Waals surface area contributed by atoms with Crippen LogP contribution in [0.3, 0.4) is 0 Å². The summed E-state index contributed by atoms with van der Waals surface area (Å²) in [5.41, 5.74) is 0. The average molecular weight is 103 g/mol. The summed E-state index contributed by atoms with van der Waals surface area (Å²) in [6.45, 7) is 3.21. The zero-order valence-corrected chi connectivity index (χ0v) is 4.22. The predicted octanol–water partition coefficient (Wildman–Crippen LogP) is -0.516. The van der Waals surface area contributed by atoms with Crippen molar-refractivity contribution < 1.29 is 9.90 Å². The highest BCUT2D eigenvalue weighted by atomic mass is 16.2. The maximum atomic E-state index is 9.22. The van der Waals surface area contributed by atoms with Crippen LogP contribution in [0.25, 0.3) is 0 Å². The van der Waals surface area contributed by atoms with Crippen LogP contribution in [0.15, 0.2) is 12.8 Å². The maximum absolute atomic E-state index is 9.22. The van der Waals surface area contributed by atoms with Gasteiger partial charge in [-0.15, -0.1) is 0 Å². The molecule has 3 heteroatoms. The number of aliphatic hydroxyl groups is 1. The second-order valence-electron chi connectivity index (χ2n) is 0.489. The van der Waals surface area contributed by atoms with E-state index >= 15 is 0 Å². The molecule has 0 aliphatic heterocycles. The molecule has 2 N–H and O–H groups in total. The van der Waals surface area contributed by atoms with Gasteiger partial charge in [0, 0.05) is 7.11 Å². The van der Waals surface area contributed by atoms with Gasteiger partial charge >= 0.3 is 0 Å². The van der Waals surface area contributed by atoms with E-state index in [1.807, 2.05) is 0 Å². The van der Waals surface area contributed by atoms with Crippen molar-refractivity contribution in [2.75, 3.05) is 7.11 Å². The summed E-state index contributed by atoms with van der Waals surface area (Å²) in [5, 5.41) is 9.19. The Morgan fingerprint density at radius 3 is 2.14 bits per heavy atom. The minimum Gasteiger partial charge on any atom is -0.400 e. The fourth-order valence-corrected chi connectivity index (χ4v) is 0.0481. The molecule has 0 rings (SSSR count). The van der Waals surface area contributed by atoms with Crippen LogP contribution in [-0.4, -0.2) is 18.6 Å². The third-order valence-corrected chi connectivity index (χ3v) is 0.186. The van der Waals surface area contributed by atoms with Crippen LogP contribution in [0.2, 0.25) is 0 Å². The van der Waals surface area contributed by atoms with E-state index in [4.69, 9.17) is 5.11 Å². The van der Waals surface area contributed by atoms with Crippen molar-refractivity contribution in [1.29, 1.82) is 0 Å². The van der Waals surface area contributed by atoms with Gasteiger partial charge in [-0.25, -0.2) is 0 Å². The van der Waals surface area contributed by atoms with Gasteiger partial charge in [0.05, 0.1) is 0 Å². The van der Waals surface area contributed by atoms with Gasteiger partial charge in [0.15, 0.2) is 0 Å². The van der Waals surface area contributed by atoms with Crippen molar-refractivity contribution in [2.24, 2.45) is 0 Å². The number of nitrogens with one attached hydrogen (secondary N) is 1. The third-order valence-electron chi connectivity index (χ3n) is 0.186. The first-order valence-corrected chi connectivity index (χ1v) is 1.67. The van der Waals surface area contributed by atoms with Crippen LogP contribution in [0.1, 0.15) is 0 Å². The summed E-state index contributed by atoms with van der Waals surface area (Å²) in [6.07, 6.45) is 1.88. The number of rotatable bonds is 2. The van der Waals surface area contributed by atoms with E-state index < -0.39 is 0 Å². The molecule has 7 heavy (non-hydrogen) atoms. The fourth-order valence-electron chi connectivity index (χ4n) is 0.0481. The zero-order chi connectivity index (χ0) is 6.12. The van der Waals surface area contributed by atoms with E-state index in [1.165, 1.54) is 6.20 Å². The lowest BCUT2D eigenvalue weighted by Crippen LogP contribution is -1.96. The fraction of sp³-hybridized carbons (Fsp3) is 0.250. The van der Waals surface area contributed by atoms with Crippen molar-refractivity contribution in [2.45, 2.75) is 0 Å². The molecule has 0 saturated carbocycles. The Labute approximate surface area is 42.7 Å². The summed E-state index contributed by atoms with van der Waals surface area (Å²) in [5.74, 6) is 0. The summed E-state index contributed by atoms with van der Waals surface area (Å²) in [7, 11) is 1.00. The average Bonchev–Trinajstić information content (AvgIpc) is 1.75. The van der Waals surface area contributed by atoms with Crippen LogP contribution in [0.4, 0.5) is 0 Å². The van der Waals surface area contributed by atoms with E-state index in [2.05, 4.69) is 11.9 Å². The lowest BCUT2D eigenvalue weighted by Gasteiger charge is -1.70. The molecule has 0 fully saturated rings. The zero-order valence-electron chi connectivity index (χ0n) is 4.22. The van der Waals surface area contributed by atoms with Crippen molar-refractivity contribution in [1.82, 2.24) is 5.32 Å². The molecule has 3 nitrogen and oxygen atoms in total. The van der Waals surface area contributed by atoms with Gasteiger partial charge in [0.25, 0.3) is 0 Å². The van der Waals surface area contributed by atoms with E-state index in [0.717, 1.165) is 7.11 Å². The molecule has 0 bridgehead atoms. The summed E-state index contributed by atoms with van der Waals surface area (Å²) < 4.78 is 0. The van der Waals surface area contributed by atoms with E-state index in [9.17, 15) is 4.79 Å². The van der Waals surface area contributed by atoms with Gasteiger partial charge in [-0.2, -0.15) is 0 Å². The SMILES string of the molecule is C=CNC=O.CO. The molecule has 0 saturated heterocycles. The highest BCUT2D eigenvalue weighted by molar-refractivity contribution is 5.47. The number of hydrogen-bond acceptors (Lipinski definition) is 2. The van der Waals surface area contributed by atoms with E-state index in [1.54, 1.807) is 0 Å². The predicted molar refractivity (Wildman–Crippen MR) is 27.5 cm³/mol. The Bertz CT molecular complexity index is 39.0. The molecule has 0 atom stereocenters. The van der Waals surface area contributed by atoms with Crippen molar-refractivity contribution in [3.8, 4) is 0 Å². The van der Waals surface area contributed by atoms with Gasteiger partial charge in [0.2, 0.25) is 6.41 Å². The molecule has 0 radical (unpaired) electrons. The van der Waals surface area contributed by atoms with Crippen LogP contribution >= 0.6 is 0 Å². The smallest absolute Gasteiger partial charge is 0.211 e. The van der Waals surface area contributed by atoms with Crippen molar-refractivity contribution in [3.63, 3.8) is 0 Å². The molecule has 0 heterocycles. The number of aliphatic hydroxyl groups excluding tert-OH is 1. The summed E-state index contributed by atoms with van der Waals surface area (Å²) >= 11 is 0. The number of carbonyl (C=O) groups is 1. The molecule has 42 valence electrons. The minimum atomic E-state index is 0.562. The van der Waals surface area contributed by atoms with Gasteiger partial charge in [-0.05, 0) is 6.20 Å². The lowest BCUT2D eigenvalue weighted by atomic mass is 11.0. The molecular formula is C4H9NO2. The summed E-state index contributed by atoms with van der Waals surface area (Å²) in [4.78, 5) is 9.22. The minimum absolute atomic E-state index is 0.562. The molecular weight excluding hydrogens is 94.0 g/mol. The molecule has 0 unspecified atom stereocenters. The Hall–Kier alpha value is -0.830. The quantitative estimate of drug-likeness (QED) is 0.462. The second kappa shape index (κ2) is 19.1. The Morgan fingerprint density at radius 2 is 2.14 bits per heavy atom. The monoisotopic (exact) mass is 103 g/mol. The number of amides is 1. The van der Waals surface area contributed by atoms with Crippen molar-refractivity contribution in [3.05, 3.63) is 12.8 Å². The van der Waals surface area contributed by atoms with Gasteiger partial charge in [-0.1, -0.05) is 6.58 Å². The van der Waals surface area contributed by atoms with E-state index in [0.29, 0.717) is 6.41 Å². The van der Waals surface area contributed by atoms with Crippen LogP contribution in [0, 0.1) is 0 Å². The molecule has 0 aromatic rings. The summed E-state index contributed by atoms with van der Waals surface area (Å²) in [6, 6.07) is 0.